The molecule has 0 bridgehead atoms. The standard InChI is InChI=1S/C51H30N4OS2/c1-3-12-31(13-4-1)49-52-50(54-51(53-49)39-18-11-17-38-37-16-7-9-20-45(37)58-48(38)39)34-22-25-36-40-28-32(23-26-43(40)56-44(36)30-34)33-24-27-47-42(29-33)55(35-14-5-2-6-15-35)41-19-8-10-21-46(41)57-47/h1-30H. The van der Waals surface area contributed by atoms with Gasteiger partial charge in [-0.1, -0.05) is 121 Å². The first kappa shape index (κ1) is 33.1. The van der Waals surface area contributed by atoms with E-state index in [-0.39, 0.29) is 0 Å². The first-order valence-electron chi connectivity index (χ1n) is 19.2. The van der Waals surface area contributed by atoms with Crippen molar-refractivity contribution in [3.8, 4) is 45.3 Å². The quantitative estimate of drug-likeness (QED) is 0.173. The fourth-order valence-corrected chi connectivity index (χ4v) is 10.4. The zero-order chi connectivity index (χ0) is 38.2. The van der Waals surface area contributed by atoms with E-state index < -0.39 is 0 Å². The van der Waals surface area contributed by atoms with Gasteiger partial charge < -0.3 is 9.32 Å². The van der Waals surface area contributed by atoms with Gasteiger partial charge in [-0.3, -0.25) is 0 Å². The van der Waals surface area contributed by atoms with Crippen molar-refractivity contribution in [3.63, 3.8) is 0 Å². The number of aromatic nitrogens is 3. The molecule has 272 valence electrons. The van der Waals surface area contributed by atoms with E-state index in [0.717, 1.165) is 55.4 Å². The topological polar surface area (TPSA) is 55.1 Å². The van der Waals surface area contributed by atoms with Gasteiger partial charge in [-0.05, 0) is 83.9 Å². The molecule has 5 nitrogen and oxygen atoms in total. The number of para-hydroxylation sites is 2. The van der Waals surface area contributed by atoms with Crippen molar-refractivity contribution >= 4 is 82.3 Å². The molecule has 0 saturated carbocycles. The SMILES string of the molecule is c1ccc(-c2nc(-c3ccc4c(c3)oc3ccc(-c5ccc6c(c5)N(c5ccccc5)c5ccccc5S6)cc34)nc(-c3cccc4c3sc3ccccc34)n2)cc1. The highest BCUT2D eigenvalue weighted by molar-refractivity contribution is 7.99. The Kier molecular flexibility index (Phi) is 7.58. The molecule has 1 aliphatic heterocycles. The number of furan rings is 1. The number of anilines is 3. The smallest absolute Gasteiger partial charge is 0.165 e. The third kappa shape index (κ3) is 5.43. The molecule has 11 aromatic rings. The lowest BCUT2D eigenvalue weighted by Gasteiger charge is -2.33. The lowest BCUT2D eigenvalue weighted by atomic mass is 10.0. The Labute approximate surface area is 341 Å². The molecular formula is C51H30N4OS2. The molecule has 0 spiro atoms. The maximum atomic E-state index is 6.55. The zero-order valence-electron chi connectivity index (χ0n) is 30.8. The summed E-state index contributed by atoms with van der Waals surface area (Å²) in [6.45, 7) is 0. The van der Waals surface area contributed by atoms with Crippen molar-refractivity contribution in [1.29, 1.82) is 0 Å². The summed E-state index contributed by atoms with van der Waals surface area (Å²) in [7, 11) is 0. The molecule has 0 saturated heterocycles. The molecular weight excluding hydrogens is 749 g/mol. The minimum absolute atomic E-state index is 0.599. The Morgan fingerprint density at radius 1 is 0.414 bits per heavy atom. The molecule has 0 aliphatic carbocycles. The second kappa shape index (κ2) is 13.3. The number of hydrogen-bond donors (Lipinski definition) is 0. The summed E-state index contributed by atoms with van der Waals surface area (Å²) >= 11 is 3.59. The predicted molar refractivity (Wildman–Crippen MR) is 241 cm³/mol. The van der Waals surface area contributed by atoms with Gasteiger partial charge in [0.25, 0.3) is 0 Å². The third-order valence-electron chi connectivity index (χ3n) is 10.9. The van der Waals surface area contributed by atoms with E-state index in [1.807, 2.05) is 42.1 Å². The summed E-state index contributed by atoms with van der Waals surface area (Å²) in [4.78, 5) is 20.1. The molecule has 0 unspecified atom stereocenters. The molecule has 0 atom stereocenters. The van der Waals surface area contributed by atoms with Crippen LogP contribution in [-0.4, -0.2) is 15.0 Å². The van der Waals surface area contributed by atoms with Crippen molar-refractivity contribution in [2.75, 3.05) is 4.90 Å². The van der Waals surface area contributed by atoms with Crippen LogP contribution in [0.2, 0.25) is 0 Å². The number of fused-ring (bicyclic) bond motifs is 8. The first-order valence-corrected chi connectivity index (χ1v) is 20.8. The Hall–Kier alpha value is -7.06. The normalized spacial score (nSPS) is 12.4. The van der Waals surface area contributed by atoms with Gasteiger partial charge in [0, 0.05) is 63.1 Å². The van der Waals surface area contributed by atoms with Gasteiger partial charge in [-0.15, -0.1) is 11.3 Å². The summed E-state index contributed by atoms with van der Waals surface area (Å²) in [5.41, 5.74) is 10.2. The highest BCUT2D eigenvalue weighted by Gasteiger charge is 2.25. The maximum absolute atomic E-state index is 6.55. The minimum atomic E-state index is 0.599. The average Bonchev–Trinajstić information content (AvgIpc) is 3.86. The Morgan fingerprint density at radius 2 is 1.10 bits per heavy atom. The second-order valence-corrected chi connectivity index (χ2v) is 16.5. The van der Waals surface area contributed by atoms with Gasteiger partial charge in [0.05, 0.1) is 11.4 Å². The molecule has 12 rings (SSSR count). The fourth-order valence-electron chi connectivity index (χ4n) is 8.15. The van der Waals surface area contributed by atoms with Crippen LogP contribution in [0.15, 0.2) is 196 Å². The number of thiophene rings is 1. The molecule has 4 heterocycles. The van der Waals surface area contributed by atoms with Crippen molar-refractivity contribution in [3.05, 3.63) is 182 Å². The highest BCUT2D eigenvalue weighted by Crippen LogP contribution is 2.52. The van der Waals surface area contributed by atoms with E-state index in [0.29, 0.717) is 17.5 Å². The summed E-state index contributed by atoms with van der Waals surface area (Å²) in [5.74, 6) is 1.88. The van der Waals surface area contributed by atoms with Crippen LogP contribution in [0.25, 0.3) is 87.4 Å². The van der Waals surface area contributed by atoms with E-state index in [1.54, 1.807) is 11.3 Å². The van der Waals surface area contributed by atoms with E-state index in [1.165, 1.54) is 41.3 Å². The zero-order valence-corrected chi connectivity index (χ0v) is 32.5. The minimum Gasteiger partial charge on any atom is -0.456 e. The number of rotatable bonds is 5. The van der Waals surface area contributed by atoms with Gasteiger partial charge >= 0.3 is 0 Å². The molecule has 1 aliphatic rings. The van der Waals surface area contributed by atoms with Gasteiger partial charge in [-0.2, -0.15) is 0 Å². The van der Waals surface area contributed by atoms with Gasteiger partial charge in [0.1, 0.15) is 11.2 Å². The molecule has 58 heavy (non-hydrogen) atoms. The summed E-state index contributed by atoms with van der Waals surface area (Å²) in [6.07, 6.45) is 0. The van der Waals surface area contributed by atoms with Crippen molar-refractivity contribution < 1.29 is 4.42 Å². The highest BCUT2D eigenvalue weighted by atomic mass is 32.2. The van der Waals surface area contributed by atoms with Crippen LogP contribution in [-0.2, 0) is 0 Å². The van der Waals surface area contributed by atoms with Crippen LogP contribution in [0.1, 0.15) is 0 Å². The lowest BCUT2D eigenvalue weighted by molar-refractivity contribution is 0.669. The first-order chi connectivity index (χ1) is 28.7. The average molecular weight is 779 g/mol. The number of hydrogen-bond acceptors (Lipinski definition) is 7. The van der Waals surface area contributed by atoms with Crippen LogP contribution >= 0.6 is 23.1 Å². The van der Waals surface area contributed by atoms with E-state index in [9.17, 15) is 0 Å². The van der Waals surface area contributed by atoms with Crippen molar-refractivity contribution in [2.45, 2.75) is 9.79 Å². The Morgan fingerprint density at radius 3 is 2.00 bits per heavy atom. The molecule has 0 radical (unpaired) electrons. The van der Waals surface area contributed by atoms with Crippen LogP contribution in [0.3, 0.4) is 0 Å². The number of benzene rings is 8. The fraction of sp³-hybridized carbons (Fsp3) is 0. The van der Waals surface area contributed by atoms with E-state index in [4.69, 9.17) is 19.4 Å². The van der Waals surface area contributed by atoms with Crippen molar-refractivity contribution in [2.24, 2.45) is 0 Å². The van der Waals surface area contributed by atoms with E-state index >= 15 is 0 Å². The number of nitrogens with zero attached hydrogens (tertiary/aromatic N) is 4. The van der Waals surface area contributed by atoms with Gasteiger partial charge in [0.2, 0.25) is 0 Å². The van der Waals surface area contributed by atoms with Crippen LogP contribution < -0.4 is 4.90 Å². The molecule has 3 aromatic heterocycles. The molecule has 8 aromatic carbocycles. The monoisotopic (exact) mass is 778 g/mol. The van der Waals surface area contributed by atoms with Gasteiger partial charge in [0.15, 0.2) is 17.5 Å². The molecule has 0 N–H and O–H groups in total. The van der Waals surface area contributed by atoms with Crippen LogP contribution in [0, 0.1) is 0 Å². The van der Waals surface area contributed by atoms with E-state index in [2.05, 4.69) is 157 Å². The Balaban J connectivity index is 0.959. The van der Waals surface area contributed by atoms with Crippen molar-refractivity contribution in [1.82, 2.24) is 15.0 Å². The molecule has 0 fully saturated rings. The predicted octanol–water partition coefficient (Wildman–Crippen LogP) is 14.7. The summed E-state index contributed by atoms with van der Waals surface area (Å²) in [5, 5.41) is 4.55. The summed E-state index contributed by atoms with van der Waals surface area (Å²) in [6, 6.07) is 63.9. The Bertz CT molecular complexity index is 3390. The lowest BCUT2D eigenvalue weighted by Crippen LogP contribution is -2.14. The molecule has 7 heteroatoms. The maximum Gasteiger partial charge on any atom is 0.165 e. The van der Waals surface area contributed by atoms with Gasteiger partial charge in [-0.25, -0.2) is 15.0 Å². The third-order valence-corrected chi connectivity index (χ3v) is 13.3. The van der Waals surface area contributed by atoms with Crippen LogP contribution in [0.5, 0.6) is 0 Å². The second-order valence-electron chi connectivity index (χ2n) is 14.4. The van der Waals surface area contributed by atoms with Crippen LogP contribution in [0.4, 0.5) is 17.1 Å². The summed E-state index contributed by atoms with van der Waals surface area (Å²) < 4.78 is 8.96. The molecule has 0 amide bonds. The largest absolute Gasteiger partial charge is 0.456 e.